The Kier molecular flexibility index (Phi) is 4.04. The van der Waals surface area contributed by atoms with Gasteiger partial charge in [-0.3, -0.25) is 0 Å². The van der Waals surface area contributed by atoms with Crippen LogP contribution in [0, 0.1) is 0 Å². The Bertz CT molecular complexity index is 103. The van der Waals surface area contributed by atoms with E-state index in [1.165, 1.54) is 6.42 Å². The summed E-state index contributed by atoms with van der Waals surface area (Å²) >= 11 is 0. The fourth-order valence-corrected chi connectivity index (χ4v) is 1.30. The van der Waals surface area contributed by atoms with Crippen LogP contribution < -0.4 is 5.73 Å². The average Bonchev–Trinajstić information content (AvgIpc) is 1.80. The molecule has 0 aliphatic heterocycles. The monoisotopic (exact) mass is 158 g/mol. The molecule has 1 atom stereocenters. The summed E-state index contributed by atoms with van der Waals surface area (Å²) in [7, 11) is 4.22. The van der Waals surface area contributed by atoms with E-state index in [0.29, 0.717) is 6.04 Å². The lowest BCUT2D eigenvalue weighted by Gasteiger charge is -2.29. The molecule has 2 N–H and O–H groups in total. The Balaban J connectivity index is 3.88. The van der Waals surface area contributed by atoms with Crippen LogP contribution in [0.1, 0.15) is 33.6 Å². The van der Waals surface area contributed by atoms with Crippen LogP contribution in [0.25, 0.3) is 0 Å². The lowest BCUT2D eigenvalue weighted by atomic mass is 9.94. The van der Waals surface area contributed by atoms with Crippen molar-refractivity contribution in [1.82, 2.24) is 4.90 Å². The molecule has 2 heteroatoms. The molecular formula is C9H22N2. The van der Waals surface area contributed by atoms with Crippen LogP contribution in [0.5, 0.6) is 0 Å². The molecule has 1 unspecified atom stereocenters. The van der Waals surface area contributed by atoms with E-state index < -0.39 is 0 Å². The van der Waals surface area contributed by atoms with Gasteiger partial charge in [0.2, 0.25) is 0 Å². The van der Waals surface area contributed by atoms with Crippen LogP contribution in [-0.2, 0) is 0 Å². The van der Waals surface area contributed by atoms with Gasteiger partial charge in [0.05, 0.1) is 0 Å². The van der Waals surface area contributed by atoms with Gasteiger partial charge < -0.3 is 10.6 Å². The maximum absolute atomic E-state index is 5.92. The molecule has 0 aromatic carbocycles. The highest BCUT2D eigenvalue weighted by atomic mass is 15.1. The normalized spacial score (nSPS) is 15.5. The Morgan fingerprint density at radius 1 is 1.36 bits per heavy atom. The summed E-state index contributed by atoms with van der Waals surface area (Å²) in [5, 5.41) is 0. The summed E-state index contributed by atoms with van der Waals surface area (Å²) in [4.78, 5) is 2.24. The van der Waals surface area contributed by atoms with E-state index in [2.05, 4.69) is 39.8 Å². The van der Waals surface area contributed by atoms with Crippen molar-refractivity contribution in [3.63, 3.8) is 0 Å². The molecule has 0 bridgehead atoms. The Morgan fingerprint density at radius 2 is 1.82 bits per heavy atom. The van der Waals surface area contributed by atoms with Gasteiger partial charge in [-0.2, -0.15) is 0 Å². The fourth-order valence-electron chi connectivity index (χ4n) is 1.30. The van der Waals surface area contributed by atoms with Gasteiger partial charge in [-0.05, 0) is 40.8 Å². The summed E-state index contributed by atoms with van der Waals surface area (Å²) in [6.07, 6.45) is 2.24. The summed E-state index contributed by atoms with van der Waals surface area (Å²) in [5.41, 5.74) is 5.89. The van der Waals surface area contributed by atoms with Gasteiger partial charge >= 0.3 is 0 Å². The van der Waals surface area contributed by atoms with Gasteiger partial charge in [0.1, 0.15) is 0 Å². The van der Waals surface area contributed by atoms with Gasteiger partial charge in [0.15, 0.2) is 0 Å². The smallest absolute Gasteiger partial charge is 0.0112 e. The molecule has 0 spiro atoms. The second kappa shape index (κ2) is 4.07. The van der Waals surface area contributed by atoms with Crippen LogP contribution in [0.4, 0.5) is 0 Å². The van der Waals surface area contributed by atoms with Crippen molar-refractivity contribution in [1.29, 1.82) is 0 Å². The van der Waals surface area contributed by atoms with E-state index in [1.54, 1.807) is 0 Å². The average molecular weight is 158 g/mol. The second-order valence-corrected chi connectivity index (χ2v) is 4.22. The van der Waals surface area contributed by atoms with Crippen molar-refractivity contribution < 1.29 is 0 Å². The minimum absolute atomic E-state index is 0.0368. The zero-order chi connectivity index (χ0) is 9.07. The third-order valence-electron chi connectivity index (χ3n) is 1.96. The molecule has 0 fully saturated rings. The minimum atomic E-state index is -0.0368. The van der Waals surface area contributed by atoms with Crippen LogP contribution in [0.3, 0.4) is 0 Å². The fraction of sp³-hybridized carbons (Fsp3) is 1.00. The number of nitrogens with zero attached hydrogens (tertiary/aromatic N) is 1. The van der Waals surface area contributed by atoms with Crippen LogP contribution >= 0.6 is 0 Å². The van der Waals surface area contributed by atoms with Gasteiger partial charge in [-0.25, -0.2) is 0 Å². The predicted molar refractivity (Wildman–Crippen MR) is 50.6 cm³/mol. The highest BCUT2D eigenvalue weighted by Crippen LogP contribution is 2.13. The molecule has 0 radical (unpaired) electrons. The van der Waals surface area contributed by atoms with E-state index in [4.69, 9.17) is 5.73 Å². The van der Waals surface area contributed by atoms with Crippen LogP contribution in [0.15, 0.2) is 0 Å². The number of hydrogen-bond donors (Lipinski definition) is 1. The van der Waals surface area contributed by atoms with E-state index in [0.717, 1.165) is 6.42 Å². The Hall–Kier alpha value is -0.0800. The number of nitrogens with two attached hydrogens (primary N) is 1. The van der Waals surface area contributed by atoms with E-state index in [-0.39, 0.29) is 5.54 Å². The first-order valence-electron chi connectivity index (χ1n) is 4.32. The van der Waals surface area contributed by atoms with Gasteiger partial charge in [0.25, 0.3) is 0 Å². The molecule has 68 valence electrons. The van der Waals surface area contributed by atoms with Crippen molar-refractivity contribution >= 4 is 0 Å². The Morgan fingerprint density at radius 3 is 1.91 bits per heavy atom. The molecule has 0 aliphatic carbocycles. The zero-order valence-corrected chi connectivity index (χ0v) is 8.52. The lowest BCUT2D eigenvalue weighted by Crippen LogP contribution is -2.41. The molecular weight excluding hydrogens is 136 g/mol. The van der Waals surface area contributed by atoms with Crippen molar-refractivity contribution in [3.8, 4) is 0 Å². The maximum atomic E-state index is 5.92. The number of rotatable bonds is 4. The summed E-state index contributed by atoms with van der Waals surface area (Å²) < 4.78 is 0. The third kappa shape index (κ3) is 5.22. The van der Waals surface area contributed by atoms with Crippen molar-refractivity contribution in [2.24, 2.45) is 5.73 Å². The van der Waals surface area contributed by atoms with Crippen molar-refractivity contribution in [2.75, 3.05) is 14.1 Å². The minimum Gasteiger partial charge on any atom is -0.326 e. The Labute approximate surface area is 70.8 Å². The van der Waals surface area contributed by atoms with E-state index >= 15 is 0 Å². The van der Waals surface area contributed by atoms with Gasteiger partial charge in [-0.15, -0.1) is 0 Å². The van der Waals surface area contributed by atoms with Gasteiger partial charge in [-0.1, -0.05) is 6.92 Å². The first-order valence-corrected chi connectivity index (χ1v) is 4.32. The van der Waals surface area contributed by atoms with E-state index in [9.17, 15) is 0 Å². The molecule has 11 heavy (non-hydrogen) atoms. The molecule has 0 aromatic heterocycles. The highest BCUT2D eigenvalue weighted by Gasteiger charge is 2.18. The summed E-state index contributed by atoms with van der Waals surface area (Å²) in [5.74, 6) is 0. The summed E-state index contributed by atoms with van der Waals surface area (Å²) in [6, 6.07) is 0.620. The first-order chi connectivity index (χ1) is 4.87. The lowest BCUT2D eigenvalue weighted by molar-refractivity contribution is 0.233. The standard InChI is InChI=1S/C9H22N2/c1-6-8(11(4)5)7-9(2,3)10/h8H,6-7,10H2,1-5H3. The second-order valence-electron chi connectivity index (χ2n) is 4.22. The number of hydrogen-bond acceptors (Lipinski definition) is 2. The third-order valence-corrected chi connectivity index (χ3v) is 1.96. The quantitative estimate of drug-likeness (QED) is 0.671. The molecule has 0 aromatic rings. The predicted octanol–water partition coefficient (Wildman–Crippen LogP) is 1.45. The molecule has 0 rings (SSSR count). The SMILES string of the molecule is CCC(CC(C)(C)N)N(C)C. The molecule has 0 saturated carbocycles. The molecule has 0 saturated heterocycles. The van der Waals surface area contributed by atoms with Crippen molar-refractivity contribution in [3.05, 3.63) is 0 Å². The van der Waals surface area contributed by atoms with Crippen LogP contribution in [-0.4, -0.2) is 30.6 Å². The largest absolute Gasteiger partial charge is 0.326 e. The first kappa shape index (κ1) is 10.9. The highest BCUT2D eigenvalue weighted by molar-refractivity contribution is 4.79. The van der Waals surface area contributed by atoms with E-state index in [1.807, 2.05) is 0 Å². The topological polar surface area (TPSA) is 29.3 Å². The molecule has 0 heterocycles. The molecule has 2 nitrogen and oxygen atoms in total. The van der Waals surface area contributed by atoms with Crippen molar-refractivity contribution in [2.45, 2.75) is 45.2 Å². The van der Waals surface area contributed by atoms with Crippen LogP contribution in [0.2, 0.25) is 0 Å². The summed E-state index contributed by atoms with van der Waals surface area (Å²) in [6.45, 7) is 6.37. The molecule has 0 amide bonds. The van der Waals surface area contributed by atoms with Gasteiger partial charge in [0, 0.05) is 11.6 Å². The zero-order valence-electron chi connectivity index (χ0n) is 8.52. The maximum Gasteiger partial charge on any atom is 0.0112 e. The molecule has 0 aliphatic rings.